The van der Waals surface area contributed by atoms with Crippen molar-refractivity contribution in [2.24, 2.45) is 0 Å². The van der Waals surface area contributed by atoms with Crippen LogP contribution in [0.25, 0.3) is 0 Å². The summed E-state index contributed by atoms with van der Waals surface area (Å²) in [5, 5.41) is 5.50. The molecule has 0 saturated heterocycles. The van der Waals surface area contributed by atoms with E-state index in [2.05, 4.69) is 10.6 Å². The van der Waals surface area contributed by atoms with E-state index in [-0.39, 0.29) is 6.42 Å². The molecule has 0 atom stereocenters. The molecule has 0 heterocycles. The van der Waals surface area contributed by atoms with Crippen LogP contribution in [-0.4, -0.2) is 46.3 Å². The van der Waals surface area contributed by atoms with Gasteiger partial charge in [-0.3, -0.25) is 9.59 Å². The maximum absolute atomic E-state index is 11.9. The van der Waals surface area contributed by atoms with E-state index >= 15 is 0 Å². The van der Waals surface area contributed by atoms with Gasteiger partial charge in [-0.15, -0.1) is 0 Å². The van der Waals surface area contributed by atoms with Crippen LogP contribution in [0.15, 0.2) is 12.1 Å². The lowest BCUT2D eigenvalue weighted by molar-refractivity contribution is -0.126. The summed E-state index contributed by atoms with van der Waals surface area (Å²) >= 11 is 5.98. The Balaban J connectivity index is 2.69. The normalized spacial score (nSPS) is 10.0. The summed E-state index contributed by atoms with van der Waals surface area (Å²) in [6.45, 7) is 0.732. The highest BCUT2D eigenvalue weighted by atomic mass is 35.5. The van der Waals surface area contributed by atoms with E-state index in [0.717, 1.165) is 0 Å². The van der Waals surface area contributed by atoms with Crippen LogP contribution in [0.1, 0.15) is 6.42 Å². The lowest BCUT2D eigenvalue weighted by atomic mass is 10.2. The monoisotopic (exact) mass is 330 g/mol. The Morgan fingerprint density at radius 1 is 1.09 bits per heavy atom. The summed E-state index contributed by atoms with van der Waals surface area (Å²) in [6.07, 6.45) is -0.308. The molecular formula is C14H19ClN2O5. The van der Waals surface area contributed by atoms with Gasteiger partial charge in [0.2, 0.25) is 11.8 Å². The van der Waals surface area contributed by atoms with Crippen LogP contribution >= 0.6 is 11.6 Å². The van der Waals surface area contributed by atoms with Crippen LogP contribution < -0.4 is 20.1 Å². The van der Waals surface area contributed by atoms with Gasteiger partial charge in [0, 0.05) is 25.8 Å². The minimum atomic E-state index is -0.474. The van der Waals surface area contributed by atoms with E-state index in [0.29, 0.717) is 35.4 Å². The Kier molecular flexibility index (Phi) is 7.48. The summed E-state index contributed by atoms with van der Waals surface area (Å²) in [6, 6.07) is 3.05. The fraction of sp³-hybridized carbons (Fsp3) is 0.429. The summed E-state index contributed by atoms with van der Waals surface area (Å²) in [4.78, 5) is 23.4. The number of ether oxygens (including phenoxy) is 3. The maximum Gasteiger partial charge on any atom is 0.233 e. The van der Waals surface area contributed by atoms with E-state index in [1.165, 1.54) is 33.5 Å². The highest BCUT2D eigenvalue weighted by Crippen LogP contribution is 2.35. The Hall–Kier alpha value is -1.99. The van der Waals surface area contributed by atoms with Crippen molar-refractivity contribution in [3.8, 4) is 11.5 Å². The molecular weight excluding hydrogens is 312 g/mol. The standard InChI is InChI=1S/C14H19ClN2O5/c1-20-5-4-16-13(18)8-14(19)17-10-7-11(21-2)9(15)6-12(10)22-3/h6-7H,4-5,8H2,1-3H3,(H,16,18)(H,17,19). The van der Waals surface area contributed by atoms with Crippen molar-refractivity contribution in [1.82, 2.24) is 5.32 Å². The van der Waals surface area contributed by atoms with Crippen LogP contribution in [-0.2, 0) is 14.3 Å². The predicted molar refractivity (Wildman–Crippen MR) is 82.7 cm³/mol. The smallest absolute Gasteiger partial charge is 0.233 e. The number of carbonyl (C=O) groups is 2. The zero-order valence-electron chi connectivity index (χ0n) is 12.7. The molecule has 0 fully saturated rings. The first-order valence-electron chi connectivity index (χ1n) is 6.48. The molecule has 0 aliphatic heterocycles. The first kappa shape index (κ1) is 18.1. The first-order chi connectivity index (χ1) is 10.5. The summed E-state index contributed by atoms with van der Waals surface area (Å²) in [5.41, 5.74) is 0.374. The molecule has 122 valence electrons. The molecule has 0 bridgehead atoms. The van der Waals surface area contributed by atoms with Crippen molar-refractivity contribution >= 4 is 29.1 Å². The highest BCUT2D eigenvalue weighted by molar-refractivity contribution is 6.32. The summed E-state index contributed by atoms with van der Waals surface area (Å²) in [7, 11) is 4.44. The number of hydrogen-bond donors (Lipinski definition) is 2. The topological polar surface area (TPSA) is 85.9 Å². The SMILES string of the molecule is COCCNC(=O)CC(=O)Nc1cc(OC)c(Cl)cc1OC. The van der Waals surface area contributed by atoms with Crippen molar-refractivity contribution < 1.29 is 23.8 Å². The van der Waals surface area contributed by atoms with Gasteiger partial charge in [0.15, 0.2) is 0 Å². The second kappa shape index (κ2) is 9.11. The molecule has 0 aliphatic rings. The number of carbonyl (C=O) groups excluding carboxylic acids is 2. The van der Waals surface area contributed by atoms with Crippen molar-refractivity contribution in [1.29, 1.82) is 0 Å². The molecule has 7 nitrogen and oxygen atoms in total. The molecule has 2 amide bonds. The van der Waals surface area contributed by atoms with E-state index in [1.54, 1.807) is 0 Å². The molecule has 0 spiro atoms. The Labute approximate surface area is 133 Å². The van der Waals surface area contributed by atoms with Gasteiger partial charge in [-0.1, -0.05) is 11.6 Å². The minimum absolute atomic E-state index is 0.308. The molecule has 2 N–H and O–H groups in total. The number of rotatable bonds is 8. The average Bonchev–Trinajstić information content (AvgIpc) is 2.48. The summed E-state index contributed by atoms with van der Waals surface area (Å²) in [5.74, 6) is -0.103. The third kappa shape index (κ3) is 5.42. The number of halogens is 1. The lowest BCUT2D eigenvalue weighted by Crippen LogP contribution is -2.30. The minimum Gasteiger partial charge on any atom is -0.495 e. The van der Waals surface area contributed by atoms with Crippen molar-refractivity contribution in [3.63, 3.8) is 0 Å². The van der Waals surface area contributed by atoms with Gasteiger partial charge in [0.25, 0.3) is 0 Å². The first-order valence-corrected chi connectivity index (χ1v) is 6.86. The molecule has 0 aliphatic carbocycles. The van der Waals surface area contributed by atoms with Crippen LogP contribution in [0.4, 0.5) is 5.69 Å². The second-order valence-corrected chi connectivity index (χ2v) is 4.66. The highest BCUT2D eigenvalue weighted by Gasteiger charge is 2.14. The van der Waals surface area contributed by atoms with Gasteiger partial charge in [0.05, 0.1) is 31.5 Å². The number of methoxy groups -OCH3 is 3. The van der Waals surface area contributed by atoms with Crippen LogP contribution in [0.2, 0.25) is 5.02 Å². The maximum atomic E-state index is 11.9. The Morgan fingerprint density at radius 2 is 1.77 bits per heavy atom. The second-order valence-electron chi connectivity index (χ2n) is 4.25. The third-order valence-electron chi connectivity index (χ3n) is 2.70. The van der Waals surface area contributed by atoms with E-state index in [4.69, 9.17) is 25.8 Å². The fourth-order valence-corrected chi connectivity index (χ4v) is 1.88. The summed E-state index contributed by atoms with van der Waals surface area (Å²) < 4.78 is 15.0. The quantitative estimate of drug-likeness (QED) is 0.556. The molecule has 1 aromatic carbocycles. The van der Waals surface area contributed by atoms with Gasteiger partial charge >= 0.3 is 0 Å². The Bertz CT molecular complexity index is 536. The largest absolute Gasteiger partial charge is 0.495 e. The molecule has 1 aromatic rings. The molecule has 0 aromatic heterocycles. The lowest BCUT2D eigenvalue weighted by Gasteiger charge is -2.13. The van der Waals surface area contributed by atoms with Crippen molar-refractivity contribution in [2.45, 2.75) is 6.42 Å². The molecule has 0 unspecified atom stereocenters. The molecule has 1 rings (SSSR count). The number of nitrogens with one attached hydrogen (secondary N) is 2. The predicted octanol–water partition coefficient (Wildman–Crippen LogP) is 1.45. The Morgan fingerprint density at radius 3 is 2.36 bits per heavy atom. The van der Waals surface area contributed by atoms with Crippen molar-refractivity contribution in [3.05, 3.63) is 17.2 Å². The zero-order valence-corrected chi connectivity index (χ0v) is 13.5. The number of amides is 2. The third-order valence-corrected chi connectivity index (χ3v) is 2.99. The van der Waals surface area contributed by atoms with Crippen LogP contribution in [0.3, 0.4) is 0 Å². The van der Waals surface area contributed by atoms with E-state index in [1.807, 2.05) is 0 Å². The average molecular weight is 331 g/mol. The molecule has 8 heteroatoms. The van der Waals surface area contributed by atoms with E-state index in [9.17, 15) is 9.59 Å². The van der Waals surface area contributed by atoms with Crippen molar-refractivity contribution in [2.75, 3.05) is 39.8 Å². The van der Waals surface area contributed by atoms with Gasteiger partial charge < -0.3 is 24.8 Å². The van der Waals surface area contributed by atoms with Gasteiger partial charge in [-0.25, -0.2) is 0 Å². The van der Waals surface area contributed by atoms with Gasteiger partial charge in [-0.2, -0.15) is 0 Å². The van der Waals surface area contributed by atoms with Crippen LogP contribution in [0, 0.1) is 0 Å². The van der Waals surface area contributed by atoms with Crippen LogP contribution in [0.5, 0.6) is 11.5 Å². The molecule has 0 saturated carbocycles. The van der Waals surface area contributed by atoms with Gasteiger partial charge in [-0.05, 0) is 0 Å². The number of benzene rings is 1. The van der Waals surface area contributed by atoms with Gasteiger partial charge in [0.1, 0.15) is 17.9 Å². The number of anilines is 1. The zero-order chi connectivity index (χ0) is 16.5. The number of hydrogen-bond acceptors (Lipinski definition) is 5. The molecule has 22 heavy (non-hydrogen) atoms. The van der Waals surface area contributed by atoms with E-state index < -0.39 is 11.8 Å². The molecule has 0 radical (unpaired) electrons. The fourth-order valence-electron chi connectivity index (χ4n) is 1.65.